The van der Waals surface area contributed by atoms with Crippen LogP contribution < -0.4 is 5.32 Å². The Balaban J connectivity index is 2.30. The number of nitrogens with one attached hydrogen (secondary N) is 1. The number of fused-ring (bicyclic) bond motifs is 1. The number of anilines is 1. The highest BCUT2D eigenvalue weighted by Crippen LogP contribution is 2.16. The molecule has 22 heavy (non-hydrogen) atoms. The summed E-state index contributed by atoms with van der Waals surface area (Å²) in [6.45, 7) is 9.16. The van der Waals surface area contributed by atoms with E-state index in [0.717, 1.165) is 0 Å². The smallest absolute Gasteiger partial charge is 0.229 e. The van der Waals surface area contributed by atoms with Crippen LogP contribution in [0, 0.1) is 0 Å². The molecule has 0 saturated carbocycles. The Morgan fingerprint density at radius 1 is 1.32 bits per heavy atom. The first kappa shape index (κ1) is 16.9. The lowest BCUT2D eigenvalue weighted by atomic mass is 10.1. The number of rotatable bonds is 7. The molecule has 0 fully saturated rings. The van der Waals surface area contributed by atoms with Crippen LogP contribution in [0.4, 0.5) is 5.95 Å². The van der Waals surface area contributed by atoms with Crippen LogP contribution in [0.3, 0.4) is 0 Å². The first-order valence-electron chi connectivity index (χ1n) is 7.33. The molecule has 8 heteroatoms. The van der Waals surface area contributed by atoms with Crippen molar-refractivity contribution in [3.63, 3.8) is 0 Å². The van der Waals surface area contributed by atoms with Crippen LogP contribution in [-0.4, -0.2) is 53.5 Å². The second kappa shape index (κ2) is 6.72. The number of aliphatic hydroxyl groups is 1. The van der Waals surface area contributed by atoms with E-state index in [1.54, 1.807) is 36.6 Å². The number of nitrogens with zero attached hydrogens (tertiary/aromatic N) is 4. The van der Waals surface area contributed by atoms with Gasteiger partial charge in [0.05, 0.1) is 10.5 Å². The summed E-state index contributed by atoms with van der Waals surface area (Å²) in [6.07, 6.45) is 1.77. The third-order valence-electron chi connectivity index (χ3n) is 3.20. The van der Waals surface area contributed by atoms with Gasteiger partial charge >= 0.3 is 0 Å². The molecule has 0 aliphatic heterocycles. The van der Waals surface area contributed by atoms with Crippen molar-refractivity contribution in [1.82, 2.24) is 18.9 Å². The van der Waals surface area contributed by atoms with Crippen LogP contribution in [0.1, 0.15) is 27.7 Å². The molecule has 0 bridgehead atoms. The van der Waals surface area contributed by atoms with Crippen LogP contribution >= 0.6 is 0 Å². The molecule has 2 N–H and O–H groups in total. The van der Waals surface area contributed by atoms with Crippen LogP contribution in [0.5, 0.6) is 0 Å². The lowest BCUT2D eigenvalue weighted by molar-refractivity contribution is 0.0943. The van der Waals surface area contributed by atoms with Gasteiger partial charge < -0.3 is 10.4 Å². The molecule has 0 amide bonds. The fraction of sp³-hybridized carbons (Fsp3) is 0.571. The average Bonchev–Trinajstić information content (AvgIpc) is 2.87. The Hall–Kier alpha value is -1.51. The SMILES string of the molecule is CCN(CC)S(=O)c1ccc2nnc(NCC(C)(C)O)n2c1. The first-order chi connectivity index (χ1) is 10.4. The zero-order valence-corrected chi connectivity index (χ0v) is 14.2. The molecule has 0 radical (unpaired) electrons. The molecule has 7 nitrogen and oxygen atoms in total. The molecule has 0 aromatic carbocycles. The standard InChI is InChI=1S/C14H23N5O2S/c1-5-18(6-2)22(21)11-7-8-12-16-17-13(19(12)9-11)15-10-14(3,4)20/h7-9,20H,5-6,10H2,1-4H3,(H,15,17). The number of pyridine rings is 1. The third kappa shape index (κ3) is 3.82. The number of hydrogen-bond donors (Lipinski definition) is 2. The average molecular weight is 325 g/mol. The van der Waals surface area contributed by atoms with Gasteiger partial charge in [0.25, 0.3) is 0 Å². The summed E-state index contributed by atoms with van der Waals surface area (Å²) in [7, 11) is -1.21. The molecule has 2 aromatic heterocycles. The molecule has 1 atom stereocenters. The van der Waals surface area contributed by atoms with Crippen molar-refractivity contribution in [3.8, 4) is 0 Å². The minimum absolute atomic E-state index is 0.344. The van der Waals surface area contributed by atoms with E-state index in [4.69, 9.17) is 0 Å². The molecule has 2 aromatic rings. The Bertz CT molecular complexity index is 661. The van der Waals surface area contributed by atoms with Crippen LogP contribution in [0.25, 0.3) is 5.65 Å². The van der Waals surface area contributed by atoms with Gasteiger partial charge in [-0.05, 0) is 26.0 Å². The molecule has 1 unspecified atom stereocenters. The van der Waals surface area contributed by atoms with E-state index in [0.29, 0.717) is 36.1 Å². The number of aromatic nitrogens is 3. The van der Waals surface area contributed by atoms with Crippen molar-refractivity contribution in [2.24, 2.45) is 0 Å². The Morgan fingerprint density at radius 2 is 2.00 bits per heavy atom. The summed E-state index contributed by atoms with van der Waals surface area (Å²) in [5, 5.41) is 21.0. The largest absolute Gasteiger partial charge is 0.389 e. The van der Waals surface area contributed by atoms with Crippen molar-refractivity contribution >= 4 is 22.6 Å². The van der Waals surface area contributed by atoms with Crippen molar-refractivity contribution in [3.05, 3.63) is 18.3 Å². The molecule has 122 valence electrons. The van der Waals surface area contributed by atoms with E-state index in [2.05, 4.69) is 15.5 Å². The molecular weight excluding hydrogens is 302 g/mol. The Kier molecular flexibility index (Phi) is 5.15. The minimum Gasteiger partial charge on any atom is -0.389 e. The van der Waals surface area contributed by atoms with Gasteiger partial charge in [0.15, 0.2) is 5.65 Å². The van der Waals surface area contributed by atoms with E-state index in [9.17, 15) is 9.32 Å². The van der Waals surface area contributed by atoms with Gasteiger partial charge in [0.1, 0.15) is 11.0 Å². The topological polar surface area (TPSA) is 82.8 Å². The quantitative estimate of drug-likeness (QED) is 0.801. The highest BCUT2D eigenvalue weighted by Gasteiger charge is 2.16. The second-order valence-corrected chi connectivity index (χ2v) is 7.13. The third-order valence-corrected chi connectivity index (χ3v) is 4.83. The van der Waals surface area contributed by atoms with Crippen LogP contribution in [-0.2, 0) is 11.0 Å². The fourth-order valence-corrected chi connectivity index (χ4v) is 3.14. The Morgan fingerprint density at radius 3 is 2.59 bits per heavy atom. The van der Waals surface area contributed by atoms with Crippen LogP contribution in [0.15, 0.2) is 23.2 Å². The van der Waals surface area contributed by atoms with E-state index in [1.807, 2.05) is 18.2 Å². The van der Waals surface area contributed by atoms with Gasteiger partial charge in [-0.1, -0.05) is 13.8 Å². The molecule has 2 heterocycles. The lowest BCUT2D eigenvalue weighted by Crippen LogP contribution is -2.30. The Labute approximate surface area is 132 Å². The van der Waals surface area contributed by atoms with Crippen LogP contribution in [0.2, 0.25) is 0 Å². The normalized spacial score (nSPS) is 13.7. The van der Waals surface area contributed by atoms with E-state index in [1.165, 1.54) is 0 Å². The van der Waals surface area contributed by atoms with Crippen molar-refractivity contribution < 1.29 is 9.32 Å². The fourth-order valence-electron chi connectivity index (χ4n) is 2.00. The molecule has 0 aliphatic carbocycles. The summed E-state index contributed by atoms with van der Waals surface area (Å²) >= 11 is 0. The monoisotopic (exact) mass is 325 g/mol. The lowest BCUT2D eigenvalue weighted by Gasteiger charge is -2.18. The first-order valence-corrected chi connectivity index (χ1v) is 8.44. The van der Waals surface area contributed by atoms with Gasteiger partial charge in [-0.25, -0.2) is 8.51 Å². The second-order valence-electron chi connectivity index (χ2n) is 5.65. The molecule has 0 saturated heterocycles. The summed E-state index contributed by atoms with van der Waals surface area (Å²) in [6, 6.07) is 3.59. The van der Waals surface area contributed by atoms with Gasteiger partial charge in [0, 0.05) is 25.8 Å². The summed E-state index contributed by atoms with van der Waals surface area (Å²) in [5.74, 6) is 0.524. The van der Waals surface area contributed by atoms with E-state index in [-0.39, 0.29) is 0 Å². The summed E-state index contributed by atoms with van der Waals surface area (Å²) in [5.41, 5.74) is -0.188. The summed E-state index contributed by atoms with van der Waals surface area (Å²) in [4.78, 5) is 0.697. The maximum Gasteiger partial charge on any atom is 0.229 e. The van der Waals surface area contributed by atoms with Gasteiger partial charge in [-0.3, -0.25) is 4.40 Å². The van der Waals surface area contributed by atoms with Gasteiger partial charge in [0.2, 0.25) is 5.95 Å². The minimum atomic E-state index is -1.21. The predicted molar refractivity (Wildman–Crippen MR) is 87.1 cm³/mol. The van der Waals surface area contributed by atoms with E-state index < -0.39 is 16.6 Å². The van der Waals surface area contributed by atoms with Crippen molar-refractivity contribution in [1.29, 1.82) is 0 Å². The zero-order valence-electron chi connectivity index (χ0n) is 13.4. The summed E-state index contributed by atoms with van der Waals surface area (Å²) < 4.78 is 16.1. The van der Waals surface area contributed by atoms with E-state index >= 15 is 0 Å². The predicted octanol–water partition coefficient (Wildman–Crippen LogP) is 1.28. The molecule has 2 rings (SSSR count). The van der Waals surface area contributed by atoms with Gasteiger partial charge in [-0.2, -0.15) is 0 Å². The maximum atomic E-state index is 12.5. The zero-order chi connectivity index (χ0) is 16.3. The maximum absolute atomic E-state index is 12.5. The molecule has 0 spiro atoms. The highest BCUT2D eigenvalue weighted by molar-refractivity contribution is 7.82. The number of hydrogen-bond acceptors (Lipinski definition) is 5. The molecule has 0 aliphatic rings. The van der Waals surface area contributed by atoms with Crippen molar-refractivity contribution in [2.45, 2.75) is 38.2 Å². The highest BCUT2D eigenvalue weighted by atomic mass is 32.2. The van der Waals surface area contributed by atoms with Gasteiger partial charge in [-0.15, -0.1) is 10.2 Å². The van der Waals surface area contributed by atoms with Crippen molar-refractivity contribution in [2.75, 3.05) is 25.0 Å². The molecular formula is C14H23N5O2S.